The largest absolute Gasteiger partial charge is 0.277 e. The summed E-state index contributed by atoms with van der Waals surface area (Å²) in [5.41, 5.74) is 1.27. The van der Waals surface area contributed by atoms with Crippen molar-refractivity contribution in [2.75, 3.05) is 6.54 Å². The van der Waals surface area contributed by atoms with Crippen molar-refractivity contribution in [1.82, 2.24) is 4.90 Å². The van der Waals surface area contributed by atoms with Crippen LogP contribution in [0.5, 0.6) is 0 Å². The number of nitrogens with zero attached hydrogens (tertiary/aromatic N) is 2. The molecule has 90 valence electrons. The summed E-state index contributed by atoms with van der Waals surface area (Å²) in [6.45, 7) is 4.03. The fourth-order valence-electron chi connectivity index (χ4n) is 2.51. The van der Waals surface area contributed by atoms with Gasteiger partial charge >= 0.3 is 0 Å². The molecule has 2 unspecified atom stereocenters. The molecular formula is C14H18N2O. The van der Waals surface area contributed by atoms with E-state index in [4.69, 9.17) is 0 Å². The fraction of sp³-hybridized carbons (Fsp3) is 0.500. The van der Waals surface area contributed by atoms with E-state index in [2.05, 4.69) is 28.9 Å². The maximum atomic E-state index is 10.5. The Morgan fingerprint density at radius 3 is 2.88 bits per heavy atom. The number of benzene rings is 1. The second-order valence-corrected chi connectivity index (χ2v) is 4.71. The van der Waals surface area contributed by atoms with Crippen LogP contribution >= 0.6 is 0 Å². The van der Waals surface area contributed by atoms with Crippen molar-refractivity contribution < 1.29 is 4.79 Å². The Labute approximate surface area is 102 Å². The van der Waals surface area contributed by atoms with Gasteiger partial charge in [0, 0.05) is 13.1 Å². The molecule has 1 aromatic carbocycles. The lowest BCUT2D eigenvalue weighted by molar-refractivity contribution is 0.0996. The van der Waals surface area contributed by atoms with E-state index < -0.39 is 0 Å². The van der Waals surface area contributed by atoms with E-state index in [9.17, 15) is 4.79 Å². The third kappa shape index (κ3) is 3.02. The Balaban J connectivity index is 2.10. The van der Waals surface area contributed by atoms with E-state index >= 15 is 0 Å². The average molecular weight is 230 g/mol. The maximum absolute atomic E-state index is 10.5. The molecule has 0 aliphatic carbocycles. The molecule has 1 saturated heterocycles. The van der Waals surface area contributed by atoms with Crippen LogP contribution in [0.3, 0.4) is 0 Å². The molecule has 0 spiro atoms. The SMILES string of the molecule is CC1CCCN(Cc2ccccc2)C1N=C=O. The van der Waals surface area contributed by atoms with E-state index in [0.29, 0.717) is 5.92 Å². The van der Waals surface area contributed by atoms with Crippen LogP contribution in [0.2, 0.25) is 0 Å². The van der Waals surface area contributed by atoms with Gasteiger partial charge in [-0.05, 0) is 24.3 Å². The molecule has 0 bridgehead atoms. The minimum absolute atomic E-state index is 0.00135. The number of hydrogen-bond acceptors (Lipinski definition) is 3. The van der Waals surface area contributed by atoms with E-state index in [0.717, 1.165) is 19.5 Å². The second kappa shape index (κ2) is 5.76. The summed E-state index contributed by atoms with van der Waals surface area (Å²) in [7, 11) is 0. The highest BCUT2D eigenvalue weighted by molar-refractivity contribution is 5.33. The quantitative estimate of drug-likeness (QED) is 0.590. The predicted octanol–water partition coefficient (Wildman–Crippen LogP) is 2.58. The van der Waals surface area contributed by atoms with E-state index in [1.165, 1.54) is 12.0 Å². The smallest absolute Gasteiger partial charge is 0.236 e. The normalized spacial score (nSPS) is 25.2. The Kier molecular flexibility index (Phi) is 4.08. The van der Waals surface area contributed by atoms with Gasteiger partial charge in [0.25, 0.3) is 0 Å². The molecule has 3 heteroatoms. The zero-order valence-electron chi connectivity index (χ0n) is 10.2. The van der Waals surface area contributed by atoms with Gasteiger partial charge in [-0.25, -0.2) is 4.79 Å². The maximum Gasteiger partial charge on any atom is 0.236 e. The number of aliphatic imine (C=N–C) groups is 1. The summed E-state index contributed by atoms with van der Waals surface area (Å²) in [4.78, 5) is 16.7. The van der Waals surface area contributed by atoms with Crippen LogP contribution in [0.25, 0.3) is 0 Å². The lowest BCUT2D eigenvalue weighted by Gasteiger charge is -2.36. The number of carbonyl (C=O) groups excluding carboxylic acids is 1. The highest BCUT2D eigenvalue weighted by Crippen LogP contribution is 2.25. The van der Waals surface area contributed by atoms with Crippen molar-refractivity contribution in [1.29, 1.82) is 0 Å². The summed E-state index contributed by atoms with van der Waals surface area (Å²) in [6.07, 6.45) is 4.04. The zero-order chi connectivity index (χ0) is 12.1. The van der Waals surface area contributed by atoms with Crippen LogP contribution in [-0.4, -0.2) is 23.7 Å². The Morgan fingerprint density at radius 1 is 1.41 bits per heavy atom. The lowest BCUT2D eigenvalue weighted by atomic mass is 9.96. The molecule has 17 heavy (non-hydrogen) atoms. The van der Waals surface area contributed by atoms with Crippen LogP contribution in [0, 0.1) is 5.92 Å². The molecule has 0 saturated carbocycles. The molecule has 2 atom stereocenters. The Bertz CT molecular complexity index is 398. The minimum atomic E-state index is 0.00135. The molecule has 1 heterocycles. The molecule has 3 nitrogen and oxygen atoms in total. The van der Waals surface area contributed by atoms with Crippen LogP contribution in [-0.2, 0) is 11.3 Å². The number of hydrogen-bond donors (Lipinski definition) is 0. The van der Waals surface area contributed by atoms with E-state index in [-0.39, 0.29) is 6.17 Å². The van der Waals surface area contributed by atoms with E-state index in [1.807, 2.05) is 18.2 Å². The molecule has 1 fully saturated rings. The van der Waals surface area contributed by atoms with Gasteiger partial charge in [0.15, 0.2) is 0 Å². The average Bonchev–Trinajstić information content (AvgIpc) is 2.35. The molecule has 2 rings (SSSR count). The fourth-order valence-corrected chi connectivity index (χ4v) is 2.51. The van der Waals surface area contributed by atoms with Gasteiger partial charge in [0.2, 0.25) is 6.08 Å². The van der Waals surface area contributed by atoms with Crippen molar-refractivity contribution in [2.45, 2.75) is 32.5 Å². The number of piperidine rings is 1. The first kappa shape index (κ1) is 12.0. The summed E-state index contributed by atoms with van der Waals surface area (Å²) in [5.74, 6) is 0.439. The van der Waals surface area contributed by atoms with Gasteiger partial charge in [-0.15, -0.1) is 0 Å². The van der Waals surface area contributed by atoms with Crippen LogP contribution in [0.15, 0.2) is 35.3 Å². The van der Waals surface area contributed by atoms with Gasteiger partial charge in [0.05, 0.1) is 0 Å². The van der Waals surface area contributed by atoms with Crippen LogP contribution in [0.1, 0.15) is 25.3 Å². The molecule has 1 aliphatic rings. The van der Waals surface area contributed by atoms with Gasteiger partial charge in [-0.3, -0.25) is 4.90 Å². The van der Waals surface area contributed by atoms with Gasteiger partial charge in [-0.2, -0.15) is 4.99 Å². The molecule has 0 radical (unpaired) electrons. The van der Waals surface area contributed by atoms with Crippen LogP contribution < -0.4 is 0 Å². The van der Waals surface area contributed by atoms with Crippen molar-refractivity contribution in [2.24, 2.45) is 10.9 Å². The number of rotatable bonds is 3. The molecule has 0 N–H and O–H groups in total. The number of isocyanates is 1. The van der Waals surface area contributed by atoms with Gasteiger partial charge < -0.3 is 0 Å². The highest BCUT2D eigenvalue weighted by atomic mass is 16.1. The first-order chi connectivity index (χ1) is 8.31. The minimum Gasteiger partial charge on any atom is -0.277 e. The van der Waals surface area contributed by atoms with Crippen molar-refractivity contribution in [3.63, 3.8) is 0 Å². The van der Waals surface area contributed by atoms with E-state index in [1.54, 1.807) is 6.08 Å². The second-order valence-electron chi connectivity index (χ2n) is 4.71. The standard InChI is InChI=1S/C14H18N2O/c1-12-6-5-9-16(14(12)15-11-17)10-13-7-3-2-4-8-13/h2-4,7-8,12,14H,5-6,9-10H2,1H3. The summed E-state index contributed by atoms with van der Waals surface area (Å²) < 4.78 is 0. The molecule has 0 aromatic heterocycles. The first-order valence-corrected chi connectivity index (χ1v) is 6.16. The van der Waals surface area contributed by atoms with Gasteiger partial charge in [-0.1, -0.05) is 37.3 Å². The highest BCUT2D eigenvalue weighted by Gasteiger charge is 2.27. The third-order valence-corrected chi connectivity index (χ3v) is 3.40. The Morgan fingerprint density at radius 2 is 2.18 bits per heavy atom. The van der Waals surface area contributed by atoms with Crippen molar-refractivity contribution >= 4 is 6.08 Å². The predicted molar refractivity (Wildman–Crippen MR) is 67.2 cm³/mol. The summed E-state index contributed by atoms with van der Waals surface area (Å²) in [6, 6.07) is 10.3. The zero-order valence-corrected chi connectivity index (χ0v) is 10.2. The topological polar surface area (TPSA) is 32.7 Å². The molecule has 1 aromatic rings. The summed E-state index contributed by atoms with van der Waals surface area (Å²) in [5, 5.41) is 0. The molecule has 1 aliphatic heterocycles. The lowest BCUT2D eigenvalue weighted by Crippen LogP contribution is -2.42. The monoisotopic (exact) mass is 230 g/mol. The van der Waals surface area contributed by atoms with Crippen molar-refractivity contribution in [3.05, 3.63) is 35.9 Å². The first-order valence-electron chi connectivity index (χ1n) is 6.16. The number of likely N-dealkylation sites (tertiary alicyclic amines) is 1. The van der Waals surface area contributed by atoms with Crippen molar-refractivity contribution in [3.8, 4) is 0 Å². The Hall–Kier alpha value is -1.44. The third-order valence-electron chi connectivity index (χ3n) is 3.40. The van der Waals surface area contributed by atoms with Gasteiger partial charge in [0.1, 0.15) is 6.17 Å². The summed E-state index contributed by atoms with van der Waals surface area (Å²) >= 11 is 0. The molecule has 0 amide bonds. The van der Waals surface area contributed by atoms with Crippen LogP contribution in [0.4, 0.5) is 0 Å². The molecular weight excluding hydrogens is 212 g/mol.